The first-order valence-corrected chi connectivity index (χ1v) is 9.29. The average molecular weight is 370 g/mol. The van der Waals surface area contributed by atoms with Crippen molar-refractivity contribution in [2.24, 2.45) is 0 Å². The molecule has 5 aromatic rings. The smallest absolute Gasteiger partial charge is 0.194 e. The van der Waals surface area contributed by atoms with E-state index in [1.807, 2.05) is 48.5 Å². The Morgan fingerprint density at radius 2 is 1.56 bits per heavy atom. The summed E-state index contributed by atoms with van der Waals surface area (Å²) in [5, 5.41) is 0.976. The van der Waals surface area contributed by atoms with Crippen LogP contribution < -0.4 is 11.2 Å². The Bertz CT molecular complexity index is 1340. The van der Waals surface area contributed by atoms with Gasteiger partial charge in [-0.25, -0.2) is 4.98 Å². The summed E-state index contributed by atoms with van der Waals surface area (Å²) in [5.41, 5.74) is 10.1. The van der Waals surface area contributed by atoms with Crippen molar-refractivity contribution < 1.29 is 4.42 Å². The van der Waals surface area contributed by atoms with Gasteiger partial charge in [-0.05, 0) is 23.3 Å². The molecule has 4 nitrogen and oxygen atoms in total. The SMILES string of the molecule is Nc1nc2ccc3oc(-c4ccc(-c5ccccc5)cc4)cc(=O)c3c2s1. The Morgan fingerprint density at radius 3 is 2.33 bits per heavy atom. The molecule has 27 heavy (non-hydrogen) atoms. The van der Waals surface area contributed by atoms with Crippen LogP contribution in [0.2, 0.25) is 0 Å². The van der Waals surface area contributed by atoms with Crippen LogP contribution in [-0.2, 0) is 0 Å². The third kappa shape index (κ3) is 2.69. The van der Waals surface area contributed by atoms with E-state index in [4.69, 9.17) is 10.2 Å². The van der Waals surface area contributed by atoms with Gasteiger partial charge in [-0.1, -0.05) is 65.9 Å². The predicted octanol–water partition coefficient (Wildman–Crippen LogP) is 5.32. The zero-order chi connectivity index (χ0) is 18.4. The van der Waals surface area contributed by atoms with Crippen LogP contribution in [0, 0.1) is 0 Å². The molecule has 130 valence electrons. The summed E-state index contributed by atoms with van der Waals surface area (Å²) >= 11 is 1.30. The second-order valence-electron chi connectivity index (χ2n) is 6.26. The number of aromatic nitrogens is 1. The minimum atomic E-state index is -0.0902. The lowest BCUT2D eigenvalue weighted by Crippen LogP contribution is -2.00. The Kier molecular flexibility index (Phi) is 3.55. The number of nitrogens with two attached hydrogens (primary N) is 1. The molecule has 0 aliphatic carbocycles. The molecule has 2 N–H and O–H groups in total. The van der Waals surface area contributed by atoms with Gasteiger partial charge in [0.05, 0.1) is 15.6 Å². The number of nitrogens with zero attached hydrogens (tertiary/aromatic N) is 1. The highest BCUT2D eigenvalue weighted by atomic mass is 32.1. The zero-order valence-corrected chi connectivity index (χ0v) is 15.0. The molecule has 0 spiro atoms. The van der Waals surface area contributed by atoms with Crippen LogP contribution in [-0.4, -0.2) is 4.98 Å². The predicted molar refractivity (Wildman–Crippen MR) is 111 cm³/mol. The highest BCUT2D eigenvalue weighted by Gasteiger charge is 2.13. The number of thiazole rings is 1. The molecule has 0 atom stereocenters. The van der Waals surface area contributed by atoms with Crippen molar-refractivity contribution in [3.63, 3.8) is 0 Å². The number of hydrogen-bond acceptors (Lipinski definition) is 5. The number of fused-ring (bicyclic) bond motifs is 3. The van der Waals surface area contributed by atoms with E-state index in [2.05, 4.69) is 17.1 Å². The number of rotatable bonds is 2. The maximum absolute atomic E-state index is 12.8. The van der Waals surface area contributed by atoms with Crippen LogP contribution >= 0.6 is 11.3 Å². The van der Waals surface area contributed by atoms with Gasteiger partial charge in [0, 0.05) is 11.6 Å². The van der Waals surface area contributed by atoms with Gasteiger partial charge in [0.1, 0.15) is 11.3 Å². The van der Waals surface area contributed by atoms with E-state index >= 15 is 0 Å². The van der Waals surface area contributed by atoms with E-state index in [1.54, 1.807) is 6.07 Å². The lowest BCUT2D eigenvalue weighted by atomic mass is 10.0. The quantitative estimate of drug-likeness (QED) is 0.457. The van der Waals surface area contributed by atoms with Gasteiger partial charge >= 0.3 is 0 Å². The number of benzene rings is 3. The number of anilines is 1. The molecular formula is C22H14N2O2S. The lowest BCUT2D eigenvalue weighted by molar-refractivity contribution is 0.619. The van der Waals surface area contributed by atoms with Crippen LogP contribution in [0.15, 0.2) is 82.0 Å². The molecule has 0 radical (unpaired) electrons. The summed E-state index contributed by atoms with van der Waals surface area (Å²) in [4.78, 5) is 17.0. The summed E-state index contributed by atoms with van der Waals surface area (Å²) < 4.78 is 6.80. The molecule has 3 aromatic carbocycles. The van der Waals surface area contributed by atoms with Gasteiger partial charge in [0.15, 0.2) is 10.6 Å². The summed E-state index contributed by atoms with van der Waals surface area (Å²) in [7, 11) is 0. The highest BCUT2D eigenvalue weighted by molar-refractivity contribution is 7.22. The molecule has 2 aromatic heterocycles. The molecule has 0 bridgehead atoms. The first-order chi connectivity index (χ1) is 13.2. The monoisotopic (exact) mass is 370 g/mol. The van der Waals surface area contributed by atoms with Gasteiger partial charge in [-0.3, -0.25) is 4.79 Å². The fraction of sp³-hybridized carbons (Fsp3) is 0. The summed E-state index contributed by atoms with van der Waals surface area (Å²) in [6, 6.07) is 23.3. The van der Waals surface area contributed by atoms with Gasteiger partial charge in [0.25, 0.3) is 0 Å². The highest BCUT2D eigenvalue weighted by Crippen LogP contribution is 2.32. The van der Waals surface area contributed by atoms with Crippen LogP contribution in [0.5, 0.6) is 0 Å². The Hall–Kier alpha value is -3.44. The standard InChI is InChI=1S/C22H14N2O2S/c23-22-24-16-10-11-18-20(21(16)27-22)17(25)12-19(26-18)15-8-6-14(7-9-15)13-4-2-1-3-5-13/h1-12H,(H2,23,24). The van der Waals surface area contributed by atoms with E-state index < -0.39 is 0 Å². The minimum absolute atomic E-state index is 0.0902. The second kappa shape index (κ2) is 6.07. The maximum atomic E-state index is 12.8. The molecule has 2 heterocycles. The molecule has 5 rings (SSSR count). The van der Waals surface area contributed by atoms with E-state index in [0.29, 0.717) is 21.9 Å². The van der Waals surface area contributed by atoms with Crippen LogP contribution in [0.25, 0.3) is 43.6 Å². The van der Waals surface area contributed by atoms with Crippen molar-refractivity contribution in [3.8, 4) is 22.5 Å². The van der Waals surface area contributed by atoms with Gasteiger partial charge in [-0.15, -0.1) is 0 Å². The molecule has 0 saturated carbocycles. The minimum Gasteiger partial charge on any atom is -0.456 e. The Balaban J connectivity index is 1.63. The van der Waals surface area contributed by atoms with Crippen molar-refractivity contribution in [2.75, 3.05) is 5.73 Å². The topological polar surface area (TPSA) is 69.1 Å². The summed E-state index contributed by atoms with van der Waals surface area (Å²) in [6.45, 7) is 0. The van der Waals surface area contributed by atoms with E-state index in [1.165, 1.54) is 17.4 Å². The fourth-order valence-electron chi connectivity index (χ4n) is 3.25. The Labute approximate surface area is 158 Å². The molecule has 0 saturated heterocycles. The van der Waals surface area contributed by atoms with Gasteiger partial charge in [-0.2, -0.15) is 0 Å². The average Bonchev–Trinajstić information content (AvgIpc) is 3.08. The van der Waals surface area contributed by atoms with Crippen molar-refractivity contribution in [1.29, 1.82) is 0 Å². The summed E-state index contributed by atoms with van der Waals surface area (Å²) in [5.74, 6) is 0.545. The zero-order valence-electron chi connectivity index (χ0n) is 14.2. The van der Waals surface area contributed by atoms with Gasteiger partial charge < -0.3 is 10.2 Å². The third-order valence-corrected chi connectivity index (χ3v) is 5.46. The largest absolute Gasteiger partial charge is 0.456 e. The van der Waals surface area contributed by atoms with Gasteiger partial charge in [0.2, 0.25) is 0 Å². The van der Waals surface area contributed by atoms with Crippen molar-refractivity contribution >= 4 is 37.7 Å². The van der Waals surface area contributed by atoms with Crippen LogP contribution in [0.4, 0.5) is 5.13 Å². The molecule has 0 aliphatic rings. The number of nitrogen functional groups attached to an aromatic ring is 1. The molecular weight excluding hydrogens is 356 g/mol. The first kappa shape index (κ1) is 15.8. The number of hydrogen-bond donors (Lipinski definition) is 1. The molecule has 0 unspecified atom stereocenters. The lowest BCUT2D eigenvalue weighted by Gasteiger charge is -2.06. The normalized spacial score (nSPS) is 11.3. The maximum Gasteiger partial charge on any atom is 0.194 e. The third-order valence-electron chi connectivity index (χ3n) is 4.54. The van der Waals surface area contributed by atoms with E-state index in [-0.39, 0.29) is 5.43 Å². The second-order valence-corrected chi connectivity index (χ2v) is 7.29. The van der Waals surface area contributed by atoms with Crippen molar-refractivity contribution in [1.82, 2.24) is 4.98 Å². The van der Waals surface area contributed by atoms with E-state index in [9.17, 15) is 4.79 Å². The Morgan fingerprint density at radius 1 is 0.852 bits per heavy atom. The van der Waals surface area contributed by atoms with Crippen LogP contribution in [0.3, 0.4) is 0 Å². The van der Waals surface area contributed by atoms with Crippen LogP contribution in [0.1, 0.15) is 0 Å². The summed E-state index contributed by atoms with van der Waals surface area (Å²) in [6.07, 6.45) is 0. The van der Waals surface area contributed by atoms with Crippen molar-refractivity contribution in [2.45, 2.75) is 0 Å². The molecule has 0 amide bonds. The molecule has 0 fully saturated rings. The first-order valence-electron chi connectivity index (χ1n) is 8.48. The van der Waals surface area contributed by atoms with Crippen molar-refractivity contribution in [3.05, 3.63) is 83.0 Å². The molecule has 0 aliphatic heterocycles. The molecule has 5 heteroatoms. The fourth-order valence-corrected chi connectivity index (χ4v) is 4.12. The van der Waals surface area contributed by atoms with E-state index in [0.717, 1.165) is 26.9 Å².